The van der Waals surface area contributed by atoms with Crippen molar-refractivity contribution in [3.63, 3.8) is 0 Å². The van der Waals surface area contributed by atoms with E-state index in [1.165, 1.54) is 44.8 Å². The van der Waals surface area contributed by atoms with Crippen molar-refractivity contribution in [3.05, 3.63) is 65.0 Å². The standard InChI is InChI=1S/C27H38N2O3/c1-5-6-16-31-26-18-22(2)27(23(3)19-26)32-17-12-10-8-7-9-11-13-24-14-15-25(28-20-24)21-29-30-4/h5-6,14-15,18-21H,7-13,16-17H2,1-4H3/b6-5+,29-21?. The number of benzene rings is 1. The monoisotopic (exact) mass is 438 g/mol. The van der Waals surface area contributed by atoms with Gasteiger partial charge in [0.2, 0.25) is 0 Å². The summed E-state index contributed by atoms with van der Waals surface area (Å²) in [7, 11) is 1.53. The van der Waals surface area contributed by atoms with Crippen molar-refractivity contribution in [2.24, 2.45) is 5.16 Å². The van der Waals surface area contributed by atoms with Crippen LogP contribution in [0.25, 0.3) is 0 Å². The van der Waals surface area contributed by atoms with E-state index in [-0.39, 0.29) is 0 Å². The van der Waals surface area contributed by atoms with Crippen LogP contribution in [-0.2, 0) is 11.3 Å². The van der Waals surface area contributed by atoms with E-state index in [2.05, 4.69) is 47.0 Å². The molecule has 0 saturated carbocycles. The van der Waals surface area contributed by atoms with Gasteiger partial charge in [-0.05, 0) is 74.9 Å². The van der Waals surface area contributed by atoms with Crippen molar-refractivity contribution >= 4 is 6.21 Å². The molecule has 0 atom stereocenters. The summed E-state index contributed by atoms with van der Waals surface area (Å²) in [6, 6.07) is 8.21. The normalized spacial score (nSPS) is 11.4. The molecule has 5 heteroatoms. The molecule has 0 aliphatic heterocycles. The summed E-state index contributed by atoms with van der Waals surface area (Å²) in [6.07, 6.45) is 15.9. The van der Waals surface area contributed by atoms with Gasteiger partial charge in [-0.2, -0.15) is 0 Å². The van der Waals surface area contributed by atoms with Crippen LogP contribution in [-0.4, -0.2) is 31.5 Å². The number of hydrogen-bond acceptors (Lipinski definition) is 5. The van der Waals surface area contributed by atoms with Crippen LogP contribution in [0.3, 0.4) is 0 Å². The van der Waals surface area contributed by atoms with Gasteiger partial charge < -0.3 is 14.3 Å². The lowest BCUT2D eigenvalue weighted by atomic mass is 10.1. The molecule has 0 unspecified atom stereocenters. The maximum Gasteiger partial charge on any atom is 0.125 e. The molecule has 2 aromatic rings. The van der Waals surface area contributed by atoms with Crippen LogP contribution in [0.1, 0.15) is 67.8 Å². The molecule has 0 spiro atoms. The fourth-order valence-corrected chi connectivity index (χ4v) is 3.54. The third kappa shape index (κ3) is 9.54. The van der Waals surface area contributed by atoms with Gasteiger partial charge >= 0.3 is 0 Å². The Kier molecular flexibility index (Phi) is 12.0. The summed E-state index contributed by atoms with van der Waals surface area (Å²) in [5.41, 5.74) is 4.36. The van der Waals surface area contributed by atoms with Crippen LogP contribution in [0.2, 0.25) is 0 Å². The maximum absolute atomic E-state index is 6.07. The zero-order valence-electron chi connectivity index (χ0n) is 20.1. The van der Waals surface area contributed by atoms with Gasteiger partial charge in [-0.3, -0.25) is 4.98 Å². The lowest BCUT2D eigenvalue weighted by Gasteiger charge is -2.14. The number of ether oxygens (including phenoxy) is 2. The van der Waals surface area contributed by atoms with E-state index in [1.807, 2.05) is 31.3 Å². The Labute approximate surface area is 193 Å². The molecule has 174 valence electrons. The summed E-state index contributed by atoms with van der Waals surface area (Å²) >= 11 is 0. The van der Waals surface area contributed by atoms with E-state index in [9.17, 15) is 0 Å². The van der Waals surface area contributed by atoms with Crippen LogP contribution >= 0.6 is 0 Å². The lowest BCUT2D eigenvalue weighted by molar-refractivity contribution is 0.215. The van der Waals surface area contributed by atoms with Crippen molar-refractivity contribution in [1.29, 1.82) is 0 Å². The Hall–Kier alpha value is -2.82. The zero-order valence-corrected chi connectivity index (χ0v) is 20.1. The fraction of sp³-hybridized carbons (Fsp3) is 0.481. The summed E-state index contributed by atoms with van der Waals surface area (Å²) in [5.74, 6) is 1.90. The number of aromatic nitrogens is 1. The molecule has 0 aliphatic rings. The van der Waals surface area contributed by atoms with E-state index in [1.54, 1.807) is 6.21 Å². The second kappa shape index (κ2) is 15.1. The van der Waals surface area contributed by atoms with E-state index in [4.69, 9.17) is 9.47 Å². The van der Waals surface area contributed by atoms with Gasteiger partial charge in [0.25, 0.3) is 0 Å². The highest BCUT2D eigenvalue weighted by Crippen LogP contribution is 2.28. The fourth-order valence-electron chi connectivity index (χ4n) is 3.54. The predicted octanol–water partition coefficient (Wildman–Crippen LogP) is 6.60. The van der Waals surface area contributed by atoms with Crippen molar-refractivity contribution in [2.45, 2.75) is 65.7 Å². The molecule has 0 N–H and O–H groups in total. The number of nitrogens with zero attached hydrogens (tertiary/aromatic N) is 2. The number of oxime groups is 1. The summed E-state index contributed by atoms with van der Waals surface area (Å²) in [4.78, 5) is 9.04. The summed E-state index contributed by atoms with van der Waals surface area (Å²) < 4.78 is 11.8. The number of allylic oxidation sites excluding steroid dienone is 1. The van der Waals surface area contributed by atoms with Gasteiger partial charge in [-0.15, -0.1) is 0 Å². The van der Waals surface area contributed by atoms with Gasteiger partial charge in [0.1, 0.15) is 25.2 Å². The van der Waals surface area contributed by atoms with Gasteiger partial charge in [0.15, 0.2) is 0 Å². The average molecular weight is 439 g/mol. The molecule has 1 aromatic heterocycles. The predicted molar refractivity (Wildman–Crippen MR) is 132 cm³/mol. The first-order valence-electron chi connectivity index (χ1n) is 11.6. The van der Waals surface area contributed by atoms with Crippen molar-refractivity contribution in [1.82, 2.24) is 4.98 Å². The third-order valence-corrected chi connectivity index (χ3v) is 5.26. The number of unbranched alkanes of at least 4 members (excludes halogenated alkanes) is 5. The molecule has 0 bridgehead atoms. The zero-order chi connectivity index (χ0) is 23.0. The first kappa shape index (κ1) is 25.4. The lowest BCUT2D eigenvalue weighted by Crippen LogP contribution is -2.02. The Balaban J connectivity index is 1.56. The summed E-state index contributed by atoms with van der Waals surface area (Å²) in [5, 5.41) is 3.73. The Morgan fingerprint density at radius 1 is 0.938 bits per heavy atom. The van der Waals surface area contributed by atoms with E-state index < -0.39 is 0 Å². The molecule has 5 nitrogen and oxygen atoms in total. The maximum atomic E-state index is 6.07. The minimum absolute atomic E-state index is 0.600. The Bertz CT molecular complexity index is 821. The molecule has 1 heterocycles. The highest BCUT2D eigenvalue weighted by Gasteiger charge is 2.07. The number of aryl methyl sites for hydroxylation is 3. The van der Waals surface area contributed by atoms with Gasteiger partial charge in [-0.1, -0.05) is 49.1 Å². The van der Waals surface area contributed by atoms with Gasteiger partial charge in [-0.25, -0.2) is 0 Å². The van der Waals surface area contributed by atoms with Crippen LogP contribution in [0.15, 0.2) is 47.8 Å². The smallest absolute Gasteiger partial charge is 0.125 e. The molecule has 32 heavy (non-hydrogen) atoms. The van der Waals surface area contributed by atoms with Crippen molar-refractivity contribution in [2.75, 3.05) is 20.3 Å². The SMILES string of the molecule is C/C=C/COc1cc(C)c(OCCCCCCCCc2ccc(C=NOC)nc2)c(C)c1. The van der Waals surface area contributed by atoms with Crippen LogP contribution in [0.4, 0.5) is 0 Å². The van der Waals surface area contributed by atoms with Gasteiger partial charge in [0.05, 0.1) is 18.5 Å². The summed E-state index contributed by atoms with van der Waals surface area (Å²) in [6.45, 7) is 7.53. The highest BCUT2D eigenvalue weighted by atomic mass is 16.6. The van der Waals surface area contributed by atoms with E-state index >= 15 is 0 Å². The molecule has 0 saturated heterocycles. The topological polar surface area (TPSA) is 52.9 Å². The Morgan fingerprint density at radius 2 is 1.66 bits per heavy atom. The second-order valence-corrected chi connectivity index (χ2v) is 7.99. The molecule has 0 aliphatic carbocycles. The van der Waals surface area contributed by atoms with Crippen molar-refractivity contribution < 1.29 is 14.3 Å². The van der Waals surface area contributed by atoms with E-state index in [0.717, 1.165) is 47.8 Å². The molecule has 0 fully saturated rings. The second-order valence-electron chi connectivity index (χ2n) is 7.99. The van der Waals surface area contributed by atoms with Crippen LogP contribution in [0.5, 0.6) is 11.5 Å². The molecular formula is C27H38N2O3. The van der Waals surface area contributed by atoms with Crippen molar-refractivity contribution in [3.8, 4) is 11.5 Å². The number of hydrogen-bond donors (Lipinski definition) is 0. The third-order valence-electron chi connectivity index (χ3n) is 5.26. The minimum Gasteiger partial charge on any atom is -0.493 e. The largest absolute Gasteiger partial charge is 0.493 e. The van der Waals surface area contributed by atoms with Crippen LogP contribution < -0.4 is 9.47 Å². The Morgan fingerprint density at radius 3 is 2.31 bits per heavy atom. The first-order chi connectivity index (χ1) is 15.6. The number of rotatable bonds is 15. The minimum atomic E-state index is 0.600. The first-order valence-corrected chi connectivity index (χ1v) is 11.6. The molecule has 2 rings (SSSR count). The molecule has 0 radical (unpaired) electrons. The quantitative estimate of drug-likeness (QED) is 0.136. The molecular weight excluding hydrogens is 400 g/mol. The van der Waals surface area contributed by atoms with Gasteiger partial charge in [0, 0.05) is 6.20 Å². The van der Waals surface area contributed by atoms with Crippen LogP contribution in [0, 0.1) is 13.8 Å². The number of pyridine rings is 1. The highest BCUT2D eigenvalue weighted by molar-refractivity contribution is 5.76. The average Bonchev–Trinajstić information content (AvgIpc) is 2.79. The van der Waals surface area contributed by atoms with E-state index in [0.29, 0.717) is 6.61 Å². The molecule has 1 aromatic carbocycles. The molecule has 0 amide bonds.